The number of hydrogen-bond donors (Lipinski definition) is 0. The van der Waals surface area contributed by atoms with E-state index in [1.54, 1.807) is 12.1 Å². The molecule has 0 spiro atoms. The normalized spacial score (nSPS) is 11.0. The summed E-state index contributed by atoms with van der Waals surface area (Å²) in [7, 11) is 0. The number of aromatic nitrogens is 2. The van der Waals surface area contributed by atoms with E-state index < -0.39 is 11.7 Å². The summed E-state index contributed by atoms with van der Waals surface area (Å²) in [5, 5.41) is 0. The lowest BCUT2D eigenvalue weighted by Gasteiger charge is -2.22. The number of nitrogens with zero attached hydrogens (tertiary/aromatic N) is 3. The summed E-state index contributed by atoms with van der Waals surface area (Å²) >= 11 is 0. The highest BCUT2D eigenvalue weighted by molar-refractivity contribution is 5.85. The Kier molecular flexibility index (Phi) is 7.48. The van der Waals surface area contributed by atoms with Gasteiger partial charge in [-0.25, -0.2) is 9.97 Å². The van der Waals surface area contributed by atoms with Crippen LogP contribution in [0.15, 0.2) is 36.7 Å². The molecule has 3 nitrogen and oxygen atoms in total. The van der Waals surface area contributed by atoms with E-state index in [1.165, 1.54) is 12.4 Å². The summed E-state index contributed by atoms with van der Waals surface area (Å²) in [4.78, 5) is 10.5. The van der Waals surface area contributed by atoms with Crippen LogP contribution in [0, 0.1) is 0 Å². The zero-order valence-electron chi connectivity index (χ0n) is 13.7. The van der Waals surface area contributed by atoms with Crippen LogP contribution in [0.4, 0.5) is 19.0 Å². The highest BCUT2D eigenvalue weighted by Crippen LogP contribution is 2.32. The van der Waals surface area contributed by atoms with Crippen molar-refractivity contribution in [1.29, 1.82) is 0 Å². The molecule has 132 valence electrons. The maximum Gasteiger partial charge on any atom is 0.416 e. The van der Waals surface area contributed by atoms with Crippen molar-refractivity contribution in [2.24, 2.45) is 0 Å². The van der Waals surface area contributed by atoms with Crippen molar-refractivity contribution in [3.63, 3.8) is 0 Å². The molecular formula is C17H21ClF3N3. The van der Waals surface area contributed by atoms with Crippen LogP contribution in [0.1, 0.15) is 32.3 Å². The van der Waals surface area contributed by atoms with E-state index >= 15 is 0 Å². The van der Waals surface area contributed by atoms with Crippen molar-refractivity contribution in [2.75, 3.05) is 18.0 Å². The van der Waals surface area contributed by atoms with Gasteiger partial charge in [0.1, 0.15) is 12.1 Å². The molecule has 0 bridgehead atoms. The van der Waals surface area contributed by atoms with Crippen molar-refractivity contribution in [3.05, 3.63) is 42.2 Å². The standard InChI is InChI=1S/C17H20F3N3.ClH/c1-3-8-23(9-4-2)16-11-15(21-12-22-16)13-6-5-7-14(10-13)17(18,19)20;/h5-7,10-12H,3-4,8-9H2,1-2H3;1H. The van der Waals surface area contributed by atoms with Gasteiger partial charge in [0.05, 0.1) is 11.3 Å². The topological polar surface area (TPSA) is 29.0 Å². The Morgan fingerprint density at radius 2 is 1.67 bits per heavy atom. The molecule has 0 amide bonds. The van der Waals surface area contributed by atoms with Crippen molar-refractivity contribution < 1.29 is 13.2 Å². The number of rotatable bonds is 6. The molecule has 0 atom stereocenters. The van der Waals surface area contributed by atoms with E-state index in [2.05, 4.69) is 28.7 Å². The van der Waals surface area contributed by atoms with Crippen LogP contribution in [-0.2, 0) is 6.18 Å². The van der Waals surface area contributed by atoms with E-state index in [-0.39, 0.29) is 12.4 Å². The van der Waals surface area contributed by atoms with E-state index in [4.69, 9.17) is 0 Å². The lowest BCUT2D eigenvalue weighted by Crippen LogP contribution is -2.25. The molecule has 2 aromatic rings. The highest BCUT2D eigenvalue weighted by Gasteiger charge is 2.30. The number of hydrogen-bond acceptors (Lipinski definition) is 3. The van der Waals surface area contributed by atoms with Gasteiger partial charge < -0.3 is 4.90 Å². The van der Waals surface area contributed by atoms with Crippen LogP contribution in [0.2, 0.25) is 0 Å². The molecule has 0 unspecified atom stereocenters. The van der Waals surface area contributed by atoms with Gasteiger partial charge in [0, 0.05) is 24.7 Å². The molecule has 0 radical (unpaired) electrons. The van der Waals surface area contributed by atoms with Gasteiger partial charge in [-0.05, 0) is 25.0 Å². The van der Waals surface area contributed by atoms with Gasteiger partial charge in [-0.15, -0.1) is 12.4 Å². The van der Waals surface area contributed by atoms with Gasteiger partial charge >= 0.3 is 6.18 Å². The van der Waals surface area contributed by atoms with Gasteiger partial charge in [-0.2, -0.15) is 13.2 Å². The third kappa shape index (κ3) is 5.09. The summed E-state index contributed by atoms with van der Waals surface area (Å²) < 4.78 is 38.6. The van der Waals surface area contributed by atoms with Gasteiger partial charge in [-0.1, -0.05) is 26.0 Å². The first-order valence-corrected chi connectivity index (χ1v) is 7.70. The lowest BCUT2D eigenvalue weighted by atomic mass is 10.1. The minimum Gasteiger partial charge on any atom is -0.357 e. The molecule has 0 N–H and O–H groups in total. The van der Waals surface area contributed by atoms with Gasteiger partial charge in [0.2, 0.25) is 0 Å². The van der Waals surface area contributed by atoms with Crippen LogP contribution >= 0.6 is 12.4 Å². The zero-order chi connectivity index (χ0) is 16.9. The molecule has 0 aliphatic heterocycles. The summed E-state index contributed by atoms with van der Waals surface area (Å²) in [5.74, 6) is 0.746. The summed E-state index contributed by atoms with van der Waals surface area (Å²) in [6.07, 6.45) is -1.00. The van der Waals surface area contributed by atoms with Crippen molar-refractivity contribution >= 4 is 18.2 Å². The second kappa shape index (κ2) is 8.87. The Balaban J connectivity index is 0.00000288. The Morgan fingerprint density at radius 1 is 1.00 bits per heavy atom. The van der Waals surface area contributed by atoms with E-state index in [1.807, 2.05) is 0 Å². The van der Waals surface area contributed by atoms with Crippen LogP contribution in [-0.4, -0.2) is 23.1 Å². The monoisotopic (exact) mass is 359 g/mol. The predicted molar refractivity (Wildman–Crippen MR) is 92.5 cm³/mol. The second-order valence-corrected chi connectivity index (χ2v) is 5.33. The first-order valence-electron chi connectivity index (χ1n) is 7.70. The smallest absolute Gasteiger partial charge is 0.357 e. The molecule has 1 heterocycles. The van der Waals surface area contributed by atoms with Gasteiger partial charge in [0.25, 0.3) is 0 Å². The quantitative estimate of drug-likeness (QED) is 0.708. The lowest BCUT2D eigenvalue weighted by molar-refractivity contribution is -0.137. The Morgan fingerprint density at radius 3 is 2.25 bits per heavy atom. The first kappa shape index (κ1) is 20.2. The molecule has 0 saturated heterocycles. The van der Waals surface area contributed by atoms with E-state index in [0.717, 1.165) is 43.9 Å². The molecule has 2 rings (SSSR count). The Hall–Kier alpha value is -1.82. The summed E-state index contributed by atoms with van der Waals surface area (Å²) in [5.41, 5.74) is 0.267. The Labute approximate surface area is 146 Å². The number of alkyl halides is 3. The molecule has 0 aliphatic carbocycles. The third-order valence-electron chi connectivity index (χ3n) is 3.45. The van der Waals surface area contributed by atoms with Crippen molar-refractivity contribution in [1.82, 2.24) is 9.97 Å². The van der Waals surface area contributed by atoms with Crippen LogP contribution in [0.3, 0.4) is 0 Å². The van der Waals surface area contributed by atoms with E-state index in [9.17, 15) is 13.2 Å². The molecule has 1 aromatic heterocycles. The number of anilines is 1. The number of halogens is 4. The molecule has 7 heteroatoms. The third-order valence-corrected chi connectivity index (χ3v) is 3.45. The average molecular weight is 360 g/mol. The van der Waals surface area contributed by atoms with E-state index in [0.29, 0.717) is 11.3 Å². The average Bonchev–Trinajstić information content (AvgIpc) is 2.54. The molecule has 0 saturated carbocycles. The highest BCUT2D eigenvalue weighted by atomic mass is 35.5. The maximum atomic E-state index is 12.9. The summed E-state index contributed by atoms with van der Waals surface area (Å²) in [6, 6.07) is 6.96. The SMILES string of the molecule is CCCN(CCC)c1cc(-c2cccc(C(F)(F)F)c2)ncn1.Cl. The first-order chi connectivity index (χ1) is 11.0. The molecule has 0 fully saturated rings. The minimum absolute atomic E-state index is 0. The van der Waals surface area contributed by atoms with Crippen molar-refractivity contribution in [2.45, 2.75) is 32.9 Å². The van der Waals surface area contributed by atoms with Crippen molar-refractivity contribution in [3.8, 4) is 11.3 Å². The van der Waals surface area contributed by atoms with Gasteiger partial charge in [-0.3, -0.25) is 0 Å². The molecule has 24 heavy (non-hydrogen) atoms. The predicted octanol–water partition coefficient (Wildman–Crippen LogP) is 5.21. The fourth-order valence-electron chi connectivity index (χ4n) is 2.41. The molecule has 1 aromatic carbocycles. The van der Waals surface area contributed by atoms with Crippen LogP contribution in [0.5, 0.6) is 0 Å². The van der Waals surface area contributed by atoms with Crippen LogP contribution < -0.4 is 4.90 Å². The molecular weight excluding hydrogens is 339 g/mol. The summed E-state index contributed by atoms with van der Waals surface area (Å²) in [6.45, 7) is 5.87. The minimum atomic E-state index is -4.36. The fraction of sp³-hybridized carbons (Fsp3) is 0.412. The fourth-order valence-corrected chi connectivity index (χ4v) is 2.41. The zero-order valence-corrected chi connectivity index (χ0v) is 14.5. The number of benzene rings is 1. The Bertz CT molecular complexity index is 641. The van der Waals surface area contributed by atoms with Gasteiger partial charge in [0.15, 0.2) is 0 Å². The maximum absolute atomic E-state index is 12.9. The second-order valence-electron chi connectivity index (χ2n) is 5.33. The van der Waals surface area contributed by atoms with Crippen LogP contribution in [0.25, 0.3) is 11.3 Å². The largest absolute Gasteiger partial charge is 0.416 e. The molecule has 0 aliphatic rings.